The Bertz CT molecular complexity index is 688. The minimum absolute atomic E-state index is 0.0334. The number of piperidine rings is 1. The molecule has 8 heteroatoms. The molecule has 0 bridgehead atoms. The van der Waals surface area contributed by atoms with Crippen molar-refractivity contribution in [3.63, 3.8) is 0 Å². The van der Waals surface area contributed by atoms with E-state index in [9.17, 15) is 14.4 Å². The maximum absolute atomic E-state index is 12.0. The summed E-state index contributed by atoms with van der Waals surface area (Å²) in [6, 6.07) is 4.02. The maximum atomic E-state index is 12.0. The molecule has 108 valence electrons. The van der Waals surface area contributed by atoms with E-state index in [1.54, 1.807) is 12.1 Å². The van der Waals surface area contributed by atoms with E-state index >= 15 is 0 Å². The molecule has 0 saturated carbocycles. The van der Waals surface area contributed by atoms with Gasteiger partial charge in [-0.1, -0.05) is 5.16 Å². The largest absolute Gasteiger partial charge is 0.461 e. The third-order valence-electron chi connectivity index (χ3n) is 3.05. The van der Waals surface area contributed by atoms with E-state index in [0.29, 0.717) is 11.5 Å². The van der Waals surface area contributed by atoms with Crippen LogP contribution in [0.25, 0.3) is 11.5 Å². The molecule has 2 aromatic rings. The Morgan fingerprint density at radius 2 is 2.24 bits per heavy atom. The maximum Gasteiger partial charge on any atom is 0.274 e. The molecule has 1 aliphatic rings. The molecule has 0 aliphatic carbocycles. The predicted molar refractivity (Wildman–Crippen MR) is 67.8 cm³/mol. The Morgan fingerprint density at radius 1 is 1.38 bits per heavy atom. The zero-order valence-corrected chi connectivity index (χ0v) is 10.8. The number of rotatable bonds is 3. The minimum atomic E-state index is -0.751. The fourth-order valence-corrected chi connectivity index (χ4v) is 1.98. The number of furan rings is 1. The average molecular weight is 289 g/mol. The molecule has 1 aliphatic heterocycles. The molecule has 1 saturated heterocycles. The third kappa shape index (κ3) is 2.69. The Kier molecular flexibility index (Phi) is 3.27. The molecule has 8 nitrogen and oxygen atoms in total. The molecular weight excluding hydrogens is 278 g/mol. The number of carbonyl (C=O) groups excluding carboxylic acids is 3. The van der Waals surface area contributed by atoms with E-state index < -0.39 is 17.9 Å². The monoisotopic (exact) mass is 289 g/mol. The third-order valence-corrected chi connectivity index (χ3v) is 3.05. The Labute approximate surface area is 118 Å². The minimum Gasteiger partial charge on any atom is -0.461 e. The highest BCUT2D eigenvalue weighted by Crippen LogP contribution is 2.20. The Balaban J connectivity index is 1.68. The number of hydrogen-bond donors (Lipinski definition) is 2. The average Bonchev–Trinajstić information content (AvgIpc) is 3.10. The Hall–Kier alpha value is -2.90. The van der Waals surface area contributed by atoms with Crippen molar-refractivity contribution in [1.29, 1.82) is 0 Å². The first-order valence-electron chi connectivity index (χ1n) is 6.28. The summed E-state index contributed by atoms with van der Waals surface area (Å²) in [5, 5.41) is 8.30. The zero-order chi connectivity index (χ0) is 14.8. The summed E-state index contributed by atoms with van der Waals surface area (Å²) in [7, 11) is 0. The van der Waals surface area contributed by atoms with Crippen LogP contribution < -0.4 is 10.6 Å². The van der Waals surface area contributed by atoms with Crippen molar-refractivity contribution >= 4 is 17.7 Å². The van der Waals surface area contributed by atoms with Gasteiger partial charge in [0.05, 0.1) is 6.26 Å². The first kappa shape index (κ1) is 13.1. The second-order valence-corrected chi connectivity index (χ2v) is 4.53. The van der Waals surface area contributed by atoms with E-state index in [2.05, 4.69) is 15.8 Å². The number of nitrogens with one attached hydrogen (secondary N) is 2. The van der Waals surface area contributed by atoms with Crippen LogP contribution in [0.5, 0.6) is 0 Å². The van der Waals surface area contributed by atoms with Gasteiger partial charge in [0.15, 0.2) is 11.5 Å². The molecule has 21 heavy (non-hydrogen) atoms. The standard InChI is InChI=1S/C13H11N3O5/c17-11-4-3-7(12(18)15-11)14-13(19)8-6-10(21-16-8)9-2-1-5-20-9/h1-2,5-7H,3-4H2,(H,14,19)(H,15,17,18). The molecule has 3 heterocycles. The van der Waals surface area contributed by atoms with Crippen molar-refractivity contribution < 1.29 is 23.3 Å². The van der Waals surface area contributed by atoms with Crippen LogP contribution >= 0.6 is 0 Å². The fourth-order valence-electron chi connectivity index (χ4n) is 1.98. The van der Waals surface area contributed by atoms with Crippen LogP contribution in [0.15, 0.2) is 33.4 Å². The quantitative estimate of drug-likeness (QED) is 0.794. The lowest BCUT2D eigenvalue weighted by atomic mass is 10.1. The van der Waals surface area contributed by atoms with Crippen LogP contribution in [0.4, 0.5) is 0 Å². The first-order chi connectivity index (χ1) is 10.1. The highest BCUT2D eigenvalue weighted by molar-refractivity contribution is 6.03. The topological polar surface area (TPSA) is 114 Å². The van der Waals surface area contributed by atoms with Crippen molar-refractivity contribution in [3.8, 4) is 11.5 Å². The lowest BCUT2D eigenvalue weighted by molar-refractivity contribution is -0.134. The van der Waals surface area contributed by atoms with Gasteiger partial charge in [0.25, 0.3) is 5.91 Å². The van der Waals surface area contributed by atoms with Gasteiger partial charge in [0, 0.05) is 12.5 Å². The molecule has 2 aromatic heterocycles. The number of aromatic nitrogens is 1. The van der Waals surface area contributed by atoms with Gasteiger partial charge in [-0.05, 0) is 18.6 Å². The van der Waals surface area contributed by atoms with E-state index in [1.807, 2.05) is 0 Å². The van der Waals surface area contributed by atoms with Crippen molar-refractivity contribution in [2.75, 3.05) is 0 Å². The highest BCUT2D eigenvalue weighted by atomic mass is 16.5. The van der Waals surface area contributed by atoms with Crippen LogP contribution in [-0.4, -0.2) is 28.9 Å². The number of amides is 3. The molecule has 3 rings (SSSR count). The van der Waals surface area contributed by atoms with Gasteiger partial charge >= 0.3 is 0 Å². The van der Waals surface area contributed by atoms with Gasteiger partial charge in [-0.15, -0.1) is 0 Å². The van der Waals surface area contributed by atoms with Gasteiger partial charge in [-0.2, -0.15) is 0 Å². The number of nitrogens with zero attached hydrogens (tertiary/aromatic N) is 1. The summed E-state index contributed by atoms with van der Waals surface area (Å²) >= 11 is 0. The van der Waals surface area contributed by atoms with E-state index in [1.165, 1.54) is 12.3 Å². The van der Waals surface area contributed by atoms with Crippen LogP contribution in [0.1, 0.15) is 23.3 Å². The molecule has 0 aromatic carbocycles. The van der Waals surface area contributed by atoms with Crippen molar-refractivity contribution in [1.82, 2.24) is 15.8 Å². The van der Waals surface area contributed by atoms with Crippen molar-refractivity contribution in [2.45, 2.75) is 18.9 Å². The van der Waals surface area contributed by atoms with Crippen LogP contribution in [0.3, 0.4) is 0 Å². The van der Waals surface area contributed by atoms with E-state index in [4.69, 9.17) is 8.94 Å². The van der Waals surface area contributed by atoms with Gasteiger partial charge in [-0.25, -0.2) is 0 Å². The summed E-state index contributed by atoms with van der Waals surface area (Å²) in [6.45, 7) is 0. The summed E-state index contributed by atoms with van der Waals surface area (Å²) in [5.41, 5.74) is 0.0334. The fraction of sp³-hybridized carbons (Fsp3) is 0.231. The molecule has 0 spiro atoms. The van der Waals surface area contributed by atoms with Crippen molar-refractivity contribution in [3.05, 3.63) is 30.2 Å². The summed E-state index contributed by atoms with van der Waals surface area (Å²) < 4.78 is 10.1. The van der Waals surface area contributed by atoms with E-state index in [0.717, 1.165) is 0 Å². The molecule has 2 N–H and O–H groups in total. The summed E-state index contributed by atoms with van der Waals surface area (Å²) in [4.78, 5) is 34.6. The Morgan fingerprint density at radius 3 is 2.95 bits per heavy atom. The van der Waals surface area contributed by atoms with Gasteiger partial charge < -0.3 is 14.3 Å². The molecule has 1 fully saturated rings. The predicted octanol–water partition coefficient (Wildman–Crippen LogP) is 0.470. The normalized spacial score (nSPS) is 18.4. The number of imide groups is 1. The highest BCUT2D eigenvalue weighted by Gasteiger charge is 2.29. The lowest BCUT2D eigenvalue weighted by Crippen LogP contribution is -2.52. The lowest BCUT2D eigenvalue weighted by Gasteiger charge is -2.21. The summed E-state index contributed by atoms with van der Waals surface area (Å²) in [5.74, 6) is -0.650. The molecule has 1 unspecified atom stereocenters. The smallest absolute Gasteiger partial charge is 0.274 e. The SMILES string of the molecule is O=C1CCC(NC(=O)c2cc(-c3ccco3)on2)C(=O)N1. The molecule has 3 amide bonds. The van der Waals surface area contributed by atoms with Gasteiger partial charge in [0.1, 0.15) is 6.04 Å². The van der Waals surface area contributed by atoms with E-state index in [-0.39, 0.29) is 24.4 Å². The number of carbonyl (C=O) groups is 3. The zero-order valence-electron chi connectivity index (χ0n) is 10.8. The van der Waals surface area contributed by atoms with Crippen LogP contribution in [0, 0.1) is 0 Å². The van der Waals surface area contributed by atoms with Crippen LogP contribution in [-0.2, 0) is 9.59 Å². The first-order valence-corrected chi connectivity index (χ1v) is 6.28. The number of hydrogen-bond acceptors (Lipinski definition) is 6. The molecular formula is C13H11N3O5. The second-order valence-electron chi connectivity index (χ2n) is 4.53. The molecule has 1 atom stereocenters. The van der Waals surface area contributed by atoms with Crippen molar-refractivity contribution in [2.24, 2.45) is 0 Å². The van der Waals surface area contributed by atoms with Crippen LogP contribution in [0.2, 0.25) is 0 Å². The van der Waals surface area contributed by atoms with Gasteiger partial charge in [-0.3, -0.25) is 19.7 Å². The summed E-state index contributed by atoms with van der Waals surface area (Å²) in [6.07, 6.45) is 1.92. The molecule has 0 radical (unpaired) electrons. The second kappa shape index (κ2) is 5.23. The van der Waals surface area contributed by atoms with Gasteiger partial charge in [0.2, 0.25) is 17.6 Å².